The SMILES string of the molecule is O=C(NCc1ccccn1)NCC(O)CN1CCc2ccccc2C1. The van der Waals surface area contributed by atoms with E-state index in [0.29, 0.717) is 13.1 Å². The zero-order valence-electron chi connectivity index (χ0n) is 14.2. The first-order valence-corrected chi connectivity index (χ1v) is 8.59. The molecule has 0 bridgehead atoms. The molecule has 0 aliphatic carbocycles. The van der Waals surface area contributed by atoms with Gasteiger partial charge in [0.2, 0.25) is 0 Å². The second kappa shape index (κ2) is 8.60. The normalized spacial score (nSPS) is 15.2. The molecule has 132 valence electrons. The molecule has 0 fully saturated rings. The van der Waals surface area contributed by atoms with Gasteiger partial charge in [-0.2, -0.15) is 0 Å². The minimum Gasteiger partial charge on any atom is -0.390 e. The fourth-order valence-corrected chi connectivity index (χ4v) is 3.02. The van der Waals surface area contributed by atoms with Crippen LogP contribution in [0, 0.1) is 0 Å². The molecule has 0 saturated carbocycles. The molecule has 1 unspecified atom stereocenters. The molecule has 6 nitrogen and oxygen atoms in total. The molecular formula is C19H24N4O2. The largest absolute Gasteiger partial charge is 0.390 e. The Hall–Kier alpha value is -2.44. The monoisotopic (exact) mass is 340 g/mol. The van der Waals surface area contributed by atoms with Crippen LogP contribution in [0.3, 0.4) is 0 Å². The Labute approximate surface area is 147 Å². The molecule has 3 rings (SSSR count). The highest BCUT2D eigenvalue weighted by atomic mass is 16.3. The smallest absolute Gasteiger partial charge is 0.315 e. The number of aliphatic hydroxyl groups excluding tert-OH is 1. The lowest BCUT2D eigenvalue weighted by Gasteiger charge is -2.30. The van der Waals surface area contributed by atoms with Gasteiger partial charge in [0.05, 0.1) is 18.3 Å². The number of rotatable bonds is 6. The van der Waals surface area contributed by atoms with Crippen molar-refractivity contribution in [2.24, 2.45) is 0 Å². The fourth-order valence-electron chi connectivity index (χ4n) is 3.02. The summed E-state index contributed by atoms with van der Waals surface area (Å²) in [5, 5.41) is 15.6. The second-order valence-corrected chi connectivity index (χ2v) is 6.29. The van der Waals surface area contributed by atoms with E-state index in [-0.39, 0.29) is 12.6 Å². The summed E-state index contributed by atoms with van der Waals surface area (Å²) in [6, 6.07) is 13.7. The van der Waals surface area contributed by atoms with Gasteiger partial charge in [-0.3, -0.25) is 9.88 Å². The molecule has 1 atom stereocenters. The quantitative estimate of drug-likeness (QED) is 0.741. The van der Waals surface area contributed by atoms with Crippen molar-refractivity contribution in [3.05, 3.63) is 65.5 Å². The van der Waals surface area contributed by atoms with Crippen LogP contribution in [0.5, 0.6) is 0 Å². The minimum atomic E-state index is -0.592. The number of fused-ring (bicyclic) bond motifs is 1. The average Bonchev–Trinajstić information content (AvgIpc) is 2.65. The highest BCUT2D eigenvalue weighted by Crippen LogP contribution is 2.18. The van der Waals surface area contributed by atoms with Crippen LogP contribution in [0.2, 0.25) is 0 Å². The zero-order valence-corrected chi connectivity index (χ0v) is 14.2. The van der Waals surface area contributed by atoms with E-state index in [1.54, 1.807) is 6.20 Å². The van der Waals surface area contributed by atoms with Crippen LogP contribution in [0.15, 0.2) is 48.7 Å². The number of β-amino-alcohol motifs (C(OH)–C–C–N with tert-alkyl or cyclic N) is 1. The van der Waals surface area contributed by atoms with Crippen LogP contribution in [0.1, 0.15) is 16.8 Å². The third kappa shape index (κ3) is 5.27. The molecule has 0 saturated heterocycles. The highest BCUT2D eigenvalue weighted by Gasteiger charge is 2.18. The molecule has 3 N–H and O–H groups in total. The first-order valence-electron chi connectivity index (χ1n) is 8.59. The van der Waals surface area contributed by atoms with Gasteiger partial charge < -0.3 is 15.7 Å². The van der Waals surface area contributed by atoms with Crippen molar-refractivity contribution in [2.45, 2.75) is 25.6 Å². The van der Waals surface area contributed by atoms with Crippen LogP contribution in [0.4, 0.5) is 4.79 Å². The first kappa shape index (κ1) is 17.4. The van der Waals surface area contributed by atoms with Crippen LogP contribution in [-0.2, 0) is 19.5 Å². The van der Waals surface area contributed by atoms with Crippen LogP contribution in [-0.4, -0.2) is 46.8 Å². The van der Waals surface area contributed by atoms with Gasteiger partial charge in [-0.05, 0) is 29.7 Å². The van der Waals surface area contributed by atoms with Crippen molar-refractivity contribution in [3.8, 4) is 0 Å². The fraction of sp³-hybridized carbons (Fsp3) is 0.368. The summed E-state index contributed by atoms with van der Waals surface area (Å²) in [4.78, 5) is 18.2. The Morgan fingerprint density at radius 1 is 1.16 bits per heavy atom. The number of aliphatic hydroxyl groups is 1. The van der Waals surface area contributed by atoms with Crippen LogP contribution in [0.25, 0.3) is 0 Å². The number of urea groups is 1. The number of benzene rings is 1. The molecule has 2 amide bonds. The summed E-state index contributed by atoms with van der Waals surface area (Å²) >= 11 is 0. The summed E-state index contributed by atoms with van der Waals surface area (Å²) in [6.07, 6.45) is 2.10. The Kier molecular flexibility index (Phi) is 5.98. The predicted octanol–water partition coefficient (Wildman–Crippen LogP) is 1.30. The van der Waals surface area contributed by atoms with Gasteiger partial charge in [-0.15, -0.1) is 0 Å². The maximum absolute atomic E-state index is 11.8. The molecule has 1 aliphatic heterocycles. The lowest BCUT2D eigenvalue weighted by atomic mass is 10.00. The first-order chi connectivity index (χ1) is 12.2. The minimum absolute atomic E-state index is 0.228. The Morgan fingerprint density at radius 2 is 1.96 bits per heavy atom. The summed E-state index contributed by atoms with van der Waals surface area (Å²) < 4.78 is 0. The van der Waals surface area contributed by atoms with Crippen molar-refractivity contribution in [1.82, 2.24) is 20.5 Å². The van der Waals surface area contributed by atoms with Gasteiger partial charge in [0.15, 0.2) is 0 Å². The van der Waals surface area contributed by atoms with E-state index in [9.17, 15) is 9.90 Å². The number of nitrogens with one attached hydrogen (secondary N) is 2. The molecule has 1 aliphatic rings. The molecule has 2 heterocycles. The number of pyridine rings is 1. The summed E-state index contributed by atoms with van der Waals surface area (Å²) in [6.45, 7) is 2.92. The van der Waals surface area contributed by atoms with Crippen molar-refractivity contribution in [3.63, 3.8) is 0 Å². The van der Waals surface area contributed by atoms with Gasteiger partial charge in [0, 0.05) is 32.4 Å². The third-order valence-electron chi connectivity index (χ3n) is 4.33. The topological polar surface area (TPSA) is 77.5 Å². The van der Waals surface area contributed by atoms with Gasteiger partial charge in [0.1, 0.15) is 0 Å². The van der Waals surface area contributed by atoms with Crippen molar-refractivity contribution >= 4 is 6.03 Å². The van der Waals surface area contributed by atoms with Gasteiger partial charge in [-0.25, -0.2) is 4.79 Å². The lowest BCUT2D eigenvalue weighted by Crippen LogP contribution is -2.44. The number of hydrogen-bond donors (Lipinski definition) is 3. The highest BCUT2D eigenvalue weighted by molar-refractivity contribution is 5.73. The number of carbonyl (C=O) groups excluding carboxylic acids is 1. The van der Waals surface area contributed by atoms with Crippen LogP contribution >= 0.6 is 0 Å². The van der Waals surface area contributed by atoms with Crippen molar-refractivity contribution < 1.29 is 9.90 Å². The molecule has 25 heavy (non-hydrogen) atoms. The molecule has 0 spiro atoms. The van der Waals surface area contributed by atoms with Crippen molar-refractivity contribution in [1.29, 1.82) is 0 Å². The second-order valence-electron chi connectivity index (χ2n) is 6.29. The lowest BCUT2D eigenvalue weighted by molar-refractivity contribution is 0.105. The van der Waals surface area contributed by atoms with E-state index in [2.05, 4.69) is 38.7 Å². The van der Waals surface area contributed by atoms with E-state index >= 15 is 0 Å². The van der Waals surface area contributed by atoms with Gasteiger partial charge >= 0.3 is 6.03 Å². The molecule has 1 aromatic carbocycles. The van der Waals surface area contributed by atoms with Gasteiger partial charge in [-0.1, -0.05) is 30.3 Å². The average molecular weight is 340 g/mol. The number of nitrogens with zero attached hydrogens (tertiary/aromatic N) is 2. The zero-order chi connectivity index (χ0) is 17.5. The third-order valence-corrected chi connectivity index (χ3v) is 4.33. The molecule has 1 aromatic heterocycles. The van der Waals surface area contributed by atoms with E-state index in [4.69, 9.17) is 0 Å². The molecule has 6 heteroatoms. The number of hydrogen-bond acceptors (Lipinski definition) is 4. The summed E-state index contributed by atoms with van der Waals surface area (Å²) in [5.74, 6) is 0. The predicted molar refractivity (Wildman–Crippen MR) is 95.9 cm³/mol. The maximum Gasteiger partial charge on any atom is 0.315 e. The van der Waals surface area contributed by atoms with Crippen LogP contribution < -0.4 is 10.6 Å². The molecule has 2 aromatic rings. The standard InChI is InChI=1S/C19H24N4O2/c24-18(12-22-19(25)21-11-17-7-3-4-9-20-17)14-23-10-8-15-5-1-2-6-16(15)13-23/h1-7,9,18,24H,8,10-14H2,(H2,21,22,25). The van der Waals surface area contributed by atoms with Gasteiger partial charge in [0.25, 0.3) is 0 Å². The van der Waals surface area contributed by atoms with E-state index in [0.717, 1.165) is 25.2 Å². The summed E-state index contributed by atoms with van der Waals surface area (Å²) in [7, 11) is 0. The van der Waals surface area contributed by atoms with E-state index < -0.39 is 6.10 Å². The maximum atomic E-state index is 11.8. The summed E-state index contributed by atoms with van der Waals surface area (Å²) in [5.41, 5.74) is 3.51. The molecular weight excluding hydrogens is 316 g/mol. The molecule has 0 radical (unpaired) electrons. The Morgan fingerprint density at radius 3 is 2.76 bits per heavy atom. The Balaban J connectivity index is 1.37. The van der Waals surface area contributed by atoms with E-state index in [1.807, 2.05) is 24.3 Å². The number of carbonyl (C=O) groups is 1. The van der Waals surface area contributed by atoms with E-state index in [1.165, 1.54) is 11.1 Å². The number of aromatic nitrogens is 1. The van der Waals surface area contributed by atoms with Crippen molar-refractivity contribution in [2.75, 3.05) is 19.6 Å². The Bertz CT molecular complexity index is 693. The number of amides is 2.